The summed E-state index contributed by atoms with van der Waals surface area (Å²) in [5.41, 5.74) is -0.244. The highest BCUT2D eigenvalue weighted by Gasteiger charge is 2.42. The van der Waals surface area contributed by atoms with Crippen molar-refractivity contribution in [2.45, 2.75) is 46.3 Å². The number of carboxylic acid groups (broad SMARTS) is 1. The lowest BCUT2D eigenvalue weighted by Crippen LogP contribution is -2.53. The molecule has 0 spiro atoms. The molecule has 1 heterocycles. The Balaban J connectivity index is 2.98. The zero-order valence-electron chi connectivity index (χ0n) is 9.39. The molecule has 0 bridgehead atoms. The summed E-state index contributed by atoms with van der Waals surface area (Å²) in [5.74, 6) is 0. The van der Waals surface area contributed by atoms with Crippen LogP contribution in [-0.4, -0.2) is 31.9 Å². The van der Waals surface area contributed by atoms with E-state index in [0.717, 1.165) is 4.31 Å². The van der Waals surface area contributed by atoms with Gasteiger partial charge in [0.15, 0.2) is 0 Å². The minimum Gasteiger partial charge on any atom is -0.464 e. The van der Waals surface area contributed by atoms with Gasteiger partial charge >= 0.3 is 6.09 Å². The predicted molar refractivity (Wildman–Crippen MR) is 56.4 cm³/mol. The fourth-order valence-corrected chi connectivity index (χ4v) is 2.83. The molecular formula is C9H17NO4S. The highest BCUT2D eigenvalue weighted by Crippen LogP contribution is 2.33. The summed E-state index contributed by atoms with van der Waals surface area (Å²) in [6.07, 6.45) is -0.799. The van der Waals surface area contributed by atoms with Crippen LogP contribution in [0.3, 0.4) is 0 Å². The Bertz CT molecular complexity index is 286. The predicted octanol–water partition coefficient (Wildman–Crippen LogP) is 1.77. The molecule has 0 saturated carbocycles. The summed E-state index contributed by atoms with van der Waals surface area (Å²) in [5, 5.41) is 8.98. The normalized spacial score (nSPS) is 32.8. The van der Waals surface area contributed by atoms with Crippen LogP contribution >= 0.6 is 0 Å². The van der Waals surface area contributed by atoms with Gasteiger partial charge in [-0.1, -0.05) is 20.8 Å². The Morgan fingerprint density at radius 3 is 2.47 bits per heavy atom. The van der Waals surface area contributed by atoms with Crippen LogP contribution in [0.2, 0.25) is 0 Å². The van der Waals surface area contributed by atoms with Crippen LogP contribution in [0.1, 0.15) is 34.1 Å². The van der Waals surface area contributed by atoms with Gasteiger partial charge in [-0.2, -0.15) is 4.31 Å². The Morgan fingerprint density at radius 1 is 1.53 bits per heavy atom. The molecule has 5 nitrogen and oxygen atoms in total. The van der Waals surface area contributed by atoms with E-state index >= 15 is 0 Å². The van der Waals surface area contributed by atoms with Gasteiger partial charge in [0.1, 0.15) is 0 Å². The zero-order valence-corrected chi connectivity index (χ0v) is 10.2. The van der Waals surface area contributed by atoms with E-state index in [2.05, 4.69) is 0 Å². The molecule has 0 aromatic rings. The van der Waals surface area contributed by atoms with Crippen molar-refractivity contribution in [3.8, 4) is 0 Å². The average Bonchev–Trinajstić information content (AvgIpc) is 1.99. The molecule has 0 radical (unpaired) electrons. The molecule has 1 aliphatic heterocycles. The molecular weight excluding hydrogens is 218 g/mol. The summed E-state index contributed by atoms with van der Waals surface area (Å²) in [4.78, 5) is 11.0. The third kappa shape index (κ3) is 2.69. The van der Waals surface area contributed by atoms with E-state index in [1.54, 1.807) is 6.92 Å². The molecule has 0 aliphatic carbocycles. The summed E-state index contributed by atoms with van der Waals surface area (Å²) < 4.78 is 17.4. The summed E-state index contributed by atoms with van der Waals surface area (Å²) in [7, 11) is 0. The fraction of sp³-hybridized carbons (Fsp3) is 0.889. The van der Waals surface area contributed by atoms with E-state index in [1.807, 2.05) is 20.8 Å². The van der Waals surface area contributed by atoms with Gasteiger partial charge in [0.05, 0.1) is 12.1 Å². The fourth-order valence-electron chi connectivity index (χ4n) is 1.64. The largest absolute Gasteiger partial charge is 0.464 e. The van der Waals surface area contributed by atoms with E-state index in [9.17, 15) is 9.00 Å². The van der Waals surface area contributed by atoms with Crippen LogP contribution in [-0.2, 0) is 15.4 Å². The minimum atomic E-state index is -1.88. The lowest BCUT2D eigenvalue weighted by molar-refractivity contribution is 0.0665. The van der Waals surface area contributed by atoms with E-state index in [1.165, 1.54) is 0 Å². The number of rotatable bonds is 0. The van der Waals surface area contributed by atoms with Crippen LogP contribution < -0.4 is 0 Å². The van der Waals surface area contributed by atoms with Crippen LogP contribution in [0.5, 0.6) is 0 Å². The van der Waals surface area contributed by atoms with Gasteiger partial charge in [-0.25, -0.2) is 9.00 Å². The molecule has 1 fully saturated rings. The van der Waals surface area contributed by atoms with Crippen LogP contribution in [0.25, 0.3) is 0 Å². The van der Waals surface area contributed by atoms with Crippen molar-refractivity contribution in [1.29, 1.82) is 0 Å². The molecule has 1 N–H and O–H groups in total. The SMILES string of the molecule is C[C@@H]1CC(C(C)(C)C)N(C(=O)O)S(=O)O1. The first-order valence-corrected chi connectivity index (χ1v) is 5.88. The summed E-state index contributed by atoms with van der Waals surface area (Å²) in [6, 6.07) is -0.278. The van der Waals surface area contributed by atoms with E-state index < -0.39 is 17.4 Å². The third-order valence-electron chi connectivity index (χ3n) is 2.43. The maximum absolute atomic E-state index is 11.5. The molecule has 0 aromatic carbocycles. The maximum Gasteiger partial charge on any atom is 0.421 e. The highest BCUT2D eigenvalue weighted by atomic mass is 32.2. The van der Waals surface area contributed by atoms with Gasteiger partial charge in [0.25, 0.3) is 11.3 Å². The van der Waals surface area contributed by atoms with Crippen molar-refractivity contribution in [3.05, 3.63) is 0 Å². The standard InChI is InChI=1S/C9H17NO4S/c1-6-5-7(9(2,3)4)10(8(11)12)15(13)14-6/h6-7H,5H2,1-4H3,(H,11,12)/t6-,7?,15?/m1/s1. The van der Waals surface area contributed by atoms with Crippen molar-refractivity contribution in [1.82, 2.24) is 4.31 Å². The summed E-state index contributed by atoms with van der Waals surface area (Å²) in [6.45, 7) is 7.60. The molecule has 1 rings (SSSR count). The number of hydrogen-bond acceptors (Lipinski definition) is 3. The second kappa shape index (κ2) is 4.09. The van der Waals surface area contributed by atoms with E-state index in [-0.39, 0.29) is 17.6 Å². The van der Waals surface area contributed by atoms with Gasteiger partial charge in [-0.05, 0) is 18.8 Å². The molecule has 1 aliphatic rings. The molecule has 15 heavy (non-hydrogen) atoms. The van der Waals surface area contributed by atoms with Gasteiger partial charge in [0, 0.05) is 0 Å². The third-order valence-corrected chi connectivity index (χ3v) is 3.66. The maximum atomic E-state index is 11.5. The number of nitrogens with zero attached hydrogens (tertiary/aromatic N) is 1. The average molecular weight is 235 g/mol. The lowest BCUT2D eigenvalue weighted by Gasteiger charge is -2.41. The second-order valence-electron chi connectivity index (χ2n) is 4.85. The van der Waals surface area contributed by atoms with Crippen molar-refractivity contribution >= 4 is 17.4 Å². The molecule has 1 saturated heterocycles. The molecule has 1 amide bonds. The Hall–Kier alpha value is -0.620. The molecule has 88 valence electrons. The second-order valence-corrected chi connectivity index (χ2v) is 5.87. The van der Waals surface area contributed by atoms with Gasteiger partial charge < -0.3 is 5.11 Å². The first-order chi connectivity index (χ1) is 6.73. The van der Waals surface area contributed by atoms with Crippen LogP contribution in [0.15, 0.2) is 0 Å². The van der Waals surface area contributed by atoms with Crippen LogP contribution in [0.4, 0.5) is 4.79 Å². The minimum absolute atomic E-state index is 0.175. The summed E-state index contributed by atoms with van der Waals surface area (Å²) >= 11 is -1.88. The molecule has 6 heteroatoms. The topological polar surface area (TPSA) is 66.8 Å². The first kappa shape index (κ1) is 12.4. The van der Waals surface area contributed by atoms with Crippen molar-refractivity contribution in [3.63, 3.8) is 0 Å². The van der Waals surface area contributed by atoms with Gasteiger partial charge in [-0.15, -0.1) is 0 Å². The number of carbonyl (C=O) groups is 1. The Labute approximate surface area is 92.2 Å². The monoisotopic (exact) mass is 235 g/mol. The van der Waals surface area contributed by atoms with Crippen molar-refractivity contribution < 1.29 is 18.3 Å². The van der Waals surface area contributed by atoms with Gasteiger partial charge in [0.2, 0.25) is 0 Å². The Kier molecular flexibility index (Phi) is 3.40. The van der Waals surface area contributed by atoms with Crippen molar-refractivity contribution in [2.24, 2.45) is 5.41 Å². The van der Waals surface area contributed by atoms with E-state index in [4.69, 9.17) is 9.29 Å². The number of hydrogen-bond donors (Lipinski definition) is 1. The molecule has 3 atom stereocenters. The van der Waals surface area contributed by atoms with Gasteiger partial charge in [-0.3, -0.25) is 4.18 Å². The van der Waals surface area contributed by atoms with Crippen molar-refractivity contribution in [2.75, 3.05) is 0 Å². The smallest absolute Gasteiger partial charge is 0.421 e. The van der Waals surface area contributed by atoms with E-state index in [0.29, 0.717) is 6.42 Å². The zero-order chi connectivity index (χ0) is 11.8. The molecule has 2 unspecified atom stereocenters. The highest BCUT2D eigenvalue weighted by molar-refractivity contribution is 7.78. The first-order valence-electron chi connectivity index (χ1n) is 4.84. The Morgan fingerprint density at radius 2 is 2.07 bits per heavy atom. The molecule has 0 aromatic heterocycles. The quantitative estimate of drug-likeness (QED) is 0.695. The number of amides is 1. The lowest BCUT2D eigenvalue weighted by atomic mass is 9.83. The van der Waals surface area contributed by atoms with Crippen LogP contribution in [0, 0.1) is 5.41 Å².